The molecular formula is C10H23Si. The first-order valence-corrected chi connectivity index (χ1v) is 6.16. The van der Waals surface area contributed by atoms with E-state index in [1.807, 2.05) is 0 Å². The van der Waals surface area contributed by atoms with Crippen LogP contribution in [0.5, 0.6) is 0 Å². The van der Waals surface area contributed by atoms with E-state index in [0.717, 1.165) is 0 Å². The summed E-state index contributed by atoms with van der Waals surface area (Å²) in [5.74, 6) is 0. The van der Waals surface area contributed by atoms with Gasteiger partial charge in [-0.1, -0.05) is 53.6 Å². The number of hydrogen-bond donors (Lipinski definition) is 0. The molecule has 0 saturated heterocycles. The van der Waals surface area contributed by atoms with Crippen molar-refractivity contribution in [3.8, 4) is 0 Å². The average molecular weight is 171 g/mol. The zero-order valence-corrected chi connectivity index (χ0v) is 10.1. The van der Waals surface area contributed by atoms with Crippen LogP contribution in [0.3, 0.4) is 0 Å². The lowest BCUT2D eigenvalue weighted by atomic mass is 10.00. The lowest BCUT2D eigenvalue weighted by molar-refractivity contribution is 0.445. The van der Waals surface area contributed by atoms with Crippen molar-refractivity contribution in [3.63, 3.8) is 0 Å². The summed E-state index contributed by atoms with van der Waals surface area (Å²) in [5.41, 5.74) is 1.11. The maximum Gasteiger partial charge on any atom is 0.0290 e. The summed E-state index contributed by atoms with van der Waals surface area (Å²) in [6.07, 6.45) is 0. The van der Waals surface area contributed by atoms with Gasteiger partial charge in [0.05, 0.1) is 0 Å². The Hall–Kier alpha value is 0.217. The molecule has 1 radical (unpaired) electrons. The van der Waals surface area contributed by atoms with Gasteiger partial charge in [0, 0.05) is 9.52 Å². The Morgan fingerprint density at radius 2 is 1.00 bits per heavy atom. The summed E-state index contributed by atoms with van der Waals surface area (Å²) in [4.78, 5) is 0. The second-order valence-electron chi connectivity index (χ2n) is 5.82. The Labute approximate surface area is 74.6 Å². The fourth-order valence-corrected chi connectivity index (χ4v) is 2.81. The molecule has 0 aromatic heterocycles. The fourth-order valence-electron chi connectivity index (χ4n) is 0.938. The molecule has 0 fully saturated rings. The molecule has 0 N–H and O–H groups in total. The topological polar surface area (TPSA) is 0 Å². The maximum atomic E-state index is 2.34. The second-order valence-corrected chi connectivity index (χ2v) is 7.21. The Kier molecular flexibility index (Phi) is 3.82. The molecule has 0 spiro atoms. The highest BCUT2D eigenvalue weighted by Gasteiger charge is 2.14. The fraction of sp³-hybridized carbons (Fsp3) is 1.00. The summed E-state index contributed by atoms with van der Waals surface area (Å²) in [6.45, 7) is 14.0. The minimum atomic E-state index is 0.556. The Morgan fingerprint density at radius 3 is 1.18 bits per heavy atom. The first-order chi connectivity index (χ1) is 4.71. The highest BCUT2D eigenvalue weighted by Crippen LogP contribution is 2.24. The van der Waals surface area contributed by atoms with Crippen LogP contribution in [0.25, 0.3) is 0 Å². The van der Waals surface area contributed by atoms with Crippen molar-refractivity contribution in [3.05, 3.63) is 0 Å². The average Bonchev–Trinajstić information content (AvgIpc) is 1.55. The van der Waals surface area contributed by atoms with Gasteiger partial charge in [-0.2, -0.15) is 0 Å². The third-order valence-electron chi connectivity index (χ3n) is 1.51. The monoisotopic (exact) mass is 171 g/mol. The molecule has 0 heterocycles. The largest absolute Gasteiger partial charge is 0.0605 e. The van der Waals surface area contributed by atoms with Crippen LogP contribution in [0.1, 0.15) is 41.5 Å². The predicted octanol–water partition coefficient (Wildman–Crippen LogP) is 3.35. The SMILES string of the molecule is CC(C)(C)C[SiH]CC(C)(C)C. The molecular weight excluding hydrogens is 148 g/mol. The lowest BCUT2D eigenvalue weighted by Gasteiger charge is -2.22. The van der Waals surface area contributed by atoms with Crippen LogP contribution in [0.2, 0.25) is 12.1 Å². The summed E-state index contributed by atoms with van der Waals surface area (Å²) in [5, 5.41) is 0. The van der Waals surface area contributed by atoms with Crippen molar-refractivity contribution in [2.24, 2.45) is 10.8 Å². The van der Waals surface area contributed by atoms with E-state index < -0.39 is 0 Å². The highest BCUT2D eigenvalue weighted by molar-refractivity contribution is 6.35. The van der Waals surface area contributed by atoms with Crippen molar-refractivity contribution < 1.29 is 0 Å². The van der Waals surface area contributed by atoms with Crippen LogP contribution in [0.4, 0.5) is 0 Å². The van der Waals surface area contributed by atoms with Crippen molar-refractivity contribution in [1.29, 1.82) is 0 Å². The smallest absolute Gasteiger partial charge is 0.0290 e. The van der Waals surface area contributed by atoms with E-state index in [1.54, 1.807) is 0 Å². The molecule has 0 bridgehead atoms. The van der Waals surface area contributed by atoms with Crippen LogP contribution < -0.4 is 0 Å². The molecule has 0 unspecified atom stereocenters. The molecule has 0 amide bonds. The number of rotatable bonds is 2. The van der Waals surface area contributed by atoms with E-state index in [9.17, 15) is 0 Å². The quantitative estimate of drug-likeness (QED) is 0.559. The summed E-state index contributed by atoms with van der Waals surface area (Å²) >= 11 is 0. The Morgan fingerprint density at radius 1 is 0.727 bits per heavy atom. The van der Waals surface area contributed by atoms with Gasteiger partial charge in [-0.25, -0.2) is 0 Å². The van der Waals surface area contributed by atoms with Gasteiger partial charge >= 0.3 is 0 Å². The van der Waals surface area contributed by atoms with Crippen molar-refractivity contribution in [2.45, 2.75) is 53.6 Å². The molecule has 0 atom stereocenters. The molecule has 0 aliphatic carbocycles. The van der Waals surface area contributed by atoms with E-state index in [2.05, 4.69) is 41.5 Å². The van der Waals surface area contributed by atoms with Gasteiger partial charge in [-0.05, 0) is 10.8 Å². The van der Waals surface area contributed by atoms with Crippen LogP contribution in [0, 0.1) is 10.8 Å². The number of hydrogen-bond acceptors (Lipinski definition) is 0. The molecule has 11 heavy (non-hydrogen) atoms. The third kappa shape index (κ3) is 10.2. The predicted molar refractivity (Wildman–Crippen MR) is 55.7 cm³/mol. The van der Waals surface area contributed by atoms with E-state index in [0.29, 0.717) is 20.3 Å². The molecule has 0 rings (SSSR count). The van der Waals surface area contributed by atoms with E-state index >= 15 is 0 Å². The van der Waals surface area contributed by atoms with Crippen LogP contribution >= 0.6 is 0 Å². The minimum Gasteiger partial charge on any atom is -0.0605 e. The van der Waals surface area contributed by atoms with Crippen LogP contribution in [-0.4, -0.2) is 9.52 Å². The summed E-state index contributed by atoms with van der Waals surface area (Å²) in [6, 6.07) is 2.87. The zero-order chi connectivity index (χ0) is 9.12. The molecule has 67 valence electrons. The third-order valence-corrected chi connectivity index (χ3v) is 4.54. The minimum absolute atomic E-state index is 0.556. The molecule has 1 heteroatoms. The molecule has 0 aromatic carbocycles. The standard InChI is InChI=1S/C10H23Si/c1-9(2,3)7-11-8-10(4,5)6/h11H,7-8H2,1-6H3. The van der Waals surface area contributed by atoms with E-state index in [-0.39, 0.29) is 0 Å². The van der Waals surface area contributed by atoms with Gasteiger partial charge in [0.25, 0.3) is 0 Å². The van der Waals surface area contributed by atoms with Crippen molar-refractivity contribution >= 4 is 9.52 Å². The van der Waals surface area contributed by atoms with Gasteiger partial charge in [-0.3, -0.25) is 0 Å². The van der Waals surface area contributed by atoms with Gasteiger partial charge in [0.1, 0.15) is 0 Å². The zero-order valence-electron chi connectivity index (χ0n) is 8.99. The summed E-state index contributed by atoms with van der Waals surface area (Å²) in [7, 11) is 0.669. The van der Waals surface area contributed by atoms with E-state index in [1.165, 1.54) is 12.1 Å². The van der Waals surface area contributed by atoms with Gasteiger partial charge in [-0.15, -0.1) is 0 Å². The molecule has 0 saturated carbocycles. The maximum absolute atomic E-state index is 2.34. The first-order valence-electron chi connectivity index (χ1n) is 4.52. The van der Waals surface area contributed by atoms with Gasteiger partial charge < -0.3 is 0 Å². The van der Waals surface area contributed by atoms with Crippen molar-refractivity contribution in [2.75, 3.05) is 0 Å². The van der Waals surface area contributed by atoms with Crippen molar-refractivity contribution in [1.82, 2.24) is 0 Å². The normalized spacial score (nSPS) is 13.6. The molecule has 0 aromatic rings. The lowest BCUT2D eigenvalue weighted by Crippen LogP contribution is -2.14. The van der Waals surface area contributed by atoms with Gasteiger partial charge in [0.15, 0.2) is 0 Å². The van der Waals surface area contributed by atoms with Gasteiger partial charge in [0.2, 0.25) is 0 Å². The highest BCUT2D eigenvalue weighted by atomic mass is 28.2. The molecule has 0 nitrogen and oxygen atoms in total. The Bertz CT molecular complexity index is 89.0. The Balaban J connectivity index is 3.44. The second kappa shape index (κ2) is 3.75. The molecule has 0 aliphatic heterocycles. The van der Waals surface area contributed by atoms with Crippen LogP contribution in [-0.2, 0) is 0 Å². The van der Waals surface area contributed by atoms with E-state index in [4.69, 9.17) is 0 Å². The summed E-state index contributed by atoms with van der Waals surface area (Å²) < 4.78 is 0. The van der Waals surface area contributed by atoms with Crippen LogP contribution in [0.15, 0.2) is 0 Å². The first kappa shape index (κ1) is 11.2. The molecule has 0 aliphatic rings.